The van der Waals surface area contributed by atoms with E-state index in [4.69, 9.17) is 0 Å². The van der Waals surface area contributed by atoms with E-state index in [-0.39, 0.29) is 5.91 Å². The normalized spacial score (nSPS) is 13.9. The largest absolute Gasteiger partial charge is 0.311 e. The molecule has 1 amide bonds. The molecule has 0 unspecified atom stereocenters. The van der Waals surface area contributed by atoms with Gasteiger partial charge < -0.3 is 4.90 Å². The zero-order valence-electron chi connectivity index (χ0n) is 9.15. The van der Waals surface area contributed by atoms with Crippen LogP contribution in [-0.2, 0) is 0 Å². The van der Waals surface area contributed by atoms with Gasteiger partial charge in [-0.2, -0.15) is 0 Å². The third-order valence-corrected chi connectivity index (χ3v) is 3.89. The van der Waals surface area contributed by atoms with Crippen molar-refractivity contribution >= 4 is 34.1 Å². The fourth-order valence-electron chi connectivity index (χ4n) is 2.29. The average molecular weight is 229 g/mol. The Kier molecular flexibility index (Phi) is 1.98. The van der Waals surface area contributed by atoms with Crippen molar-refractivity contribution in [1.82, 2.24) is 0 Å². The van der Waals surface area contributed by atoms with Gasteiger partial charge in [0.1, 0.15) is 0 Å². The number of nitrogens with zero attached hydrogens (tertiary/aromatic N) is 1. The van der Waals surface area contributed by atoms with E-state index in [2.05, 4.69) is 18.4 Å². The predicted molar refractivity (Wildman–Crippen MR) is 68.5 cm³/mol. The molecule has 0 aliphatic carbocycles. The van der Waals surface area contributed by atoms with Crippen molar-refractivity contribution in [3.8, 4) is 0 Å². The van der Waals surface area contributed by atoms with Crippen LogP contribution in [0.15, 0.2) is 35.2 Å². The van der Waals surface area contributed by atoms with Gasteiger partial charge >= 0.3 is 0 Å². The minimum absolute atomic E-state index is 0.0962. The maximum atomic E-state index is 12.0. The summed E-state index contributed by atoms with van der Waals surface area (Å²) in [6.45, 7) is 0. The van der Waals surface area contributed by atoms with E-state index in [0.29, 0.717) is 0 Å². The van der Waals surface area contributed by atoms with Crippen LogP contribution < -0.4 is 4.90 Å². The van der Waals surface area contributed by atoms with Crippen molar-refractivity contribution in [1.29, 1.82) is 0 Å². The van der Waals surface area contributed by atoms with Crippen LogP contribution in [0.1, 0.15) is 10.4 Å². The van der Waals surface area contributed by atoms with Gasteiger partial charge in [-0.1, -0.05) is 12.1 Å². The molecule has 16 heavy (non-hydrogen) atoms. The smallest absolute Gasteiger partial charge is 0.258 e. The van der Waals surface area contributed by atoms with Gasteiger partial charge in [0.05, 0.1) is 5.69 Å². The molecule has 0 bridgehead atoms. The van der Waals surface area contributed by atoms with Gasteiger partial charge in [0, 0.05) is 22.9 Å². The number of anilines is 1. The number of hydrogen-bond donors (Lipinski definition) is 0. The van der Waals surface area contributed by atoms with E-state index >= 15 is 0 Å². The summed E-state index contributed by atoms with van der Waals surface area (Å²) in [6, 6.07) is 10.1. The van der Waals surface area contributed by atoms with Gasteiger partial charge in [0.2, 0.25) is 0 Å². The van der Waals surface area contributed by atoms with E-state index < -0.39 is 0 Å². The first-order valence-electron chi connectivity index (χ1n) is 5.12. The quantitative estimate of drug-likeness (QED) is 0.700. The number of thioether (sulfide) groups is 1. The van der Waals surface area contributed by atoms with E-state index in [1.807, 2.05) is 25.2 Å². The molecule has 0 N–H and O–H groups in total. The Morgan fingerprint density at radius 2 is 2.00 bits per heavy atom. The molecular weight excluding hydrogens is 218 g/mol. The molecule has 2 aromatic rings. The summed E-state index contributed by atoms with van der Waals surface area (Å²) in [7, 11) is 1.83. The summed E-state index contributed by atoms with van der Waals surface area (Å²) in [5, 5.41) is 2.28. The summed E-state index contributed by atoms with van der Waals surface area (Å²) in [5.41, 5.74) is 1.85. The van der Waals surface area contributed by atoms with E-state index in [1.54, 1.807) is 16.7 Å². The zero-order valence-corrected chi connectivity index (χ0v) is 9.97. The van der Waals surface area contributed by atoms with Crippen LogP contribution in [0.5, 0.6) is 0 Å². The fraction of sp³-hybridized carbons (Fsp3) is 0.154. The minimum Gasteiger partial charge on any atom is -0.311 e. The van der Waals surface area contributed by atoms with Crippen LogP contribution in [0.4, 0.5) is 5.69 Å². The van der Waals surface area contributed by atoms with Crippen molar-refractivity contribution in [2.45, 2.75) is 4.90 Å². The molecule has 2 nitrogen and oxygen atoms in total. The Morgan fingerprint density at radius 3 is 2.75 bits per heavy atom. The zero-order chi connectivity index (χ0) is 11.3. The number of carbonyl (C=O) groups is 1. The summed E-state index contributed by atoms with van der Waals surface area (Å²) in [6.07, 6.45) is 2.06. The summed E-state index contributed by atoms with van der Waals surface area (Å²) < 4.78 is 0. The number of carbonyl (C=O) groups excluding carboxylic acids is 1. The van der Waals surface area contributed by atoms with Gasteiger partial charge in [-0.3, -0.25) is 4.79 Å². The highest BCUT2D eigenvalue weighted by Gasteiger charge is 2.27. The van der Waals surface area contributed by atoms with Crippen LogP contribution in [0.3, 0.4) is 0 Å². The maximum absolute atomic E-state index is 12.0. The molecular formula is C13H11NOS. The lowest BCUT2D eigenvalue weighted by atomic mass is 10.1. The van der Waals surface area contributed by atoms with Crippen LogP contribution in [0.2, 0.25) is 0 Å². The van der Waals surface area contributed by atoms with Crippen molar-refractivity contribution in [3.63, 3.8) is 0 Å². The van der Waals surface area contributed by atoms with E-state index in [9.17, 15) is 4.79 Å². The number of benzene rings is 2. The SMILES string of the molecule is CSc1ccc2c3c(cccc13)C(=O)N2C. The highest BCUT2D eigenvalue weighted by Crippen LogP contribution is 2.40. The molecule has 3 rings (SSSR count). The lowest BCUT2D eigenvalue weighted by molar-refractivity contribution is 0.0999. The van der Waals surface area contributed by atoms with Crippen molar-refractivity contribution in [2.24, 2.45) is 0 Å². The molecule has 80 valence electrons. The van der Waals surface area contributed by atoms with Crippen LogP contribution >= 0.6 is 11.8 Å². The van der Waals surface area contributed by atoms with Crippen molar-refractivity contribution < 1.29 is 4.79 Å². The average Bonchev–Trinajstić information content (AvgIpc) is 2.57. The second kappa shape index (κ2) is 3.25. The molecule has 0 atom stereocenters. The van der Waals surface area contributed by atoms with E-state index in [0.717, 1.165) is 16.6 Å². The molecule has 0 saturated carbocycles. The van der Waals surface area contributed by atoms with Crippen molar-refractivity contribution in [2.75, 3.05) is 18.2 Å². The number of hydrogen-bond acceptors (Lipinski definition) is 2. The molecule has 3 heteroatoms. The first kappa shape index (κ1) is 9.73. The predicted octanol–water partition coefficient (Wildman–Crippen LogP) is 3.15. The van der Waals surface area contributed by atoms with Gasteiger partial charge in [0.15, 0.2) is 0 Å². The highest BCUT2D eigenvalue weighted by atomic mass is 32.2. The Labute approximate surface area is 98.2 Å². The third-order valence-electron chi connectivity index (χ3n) is 3.09. The number of rotatable bonds is 1. The monoisotopic (exact) mass is 229 g/mol. The highest BCUT2D eigenvalue weighted by molar-refractivity contribution is 7.98. The first-order valence-corrected chi connectivity index (χ1v) is 6.34. The van der Waals surface area contributed by atoms with Crippen LogP contribution in [-0.4, -0.2) is 19.2 Å². The Hall–Kier alpha value is -1.48. The summed E-state index contributed by atoms with van der Waals surface area (Å²) in [5.74, 6) is 0.0962. The van der Waals surface area contributed by atoms with Crippen LogP contribution in [0, 0.1) is 0 Å². The molecule has 0 radical (unpaired) electrons. The second-order valence-electron chi connectivity index (χ2n) is 3.88. The van der Waals surface area contributed by atoms with Crippen molar-refractivity contribution in [3.05, 3.63) is 35.9 Å². The molecule has 0 saturated heterocycles. The lowest BCUT2D eigenvalue weighted by Gasteiger charge is -2.10. The van der Waals surface area contributed by atoms with Gasteiger partial charge in [0.25, 0.3) is 5.91 Å². The third kappa shape index (κ3) is 1.06. The number of amides is 1. The first-order chi connectivity index (χ1) is 7.74. The van der Waals surface area contributed by atoms with Gasteiger partial charge in [-0.15, -0.1) is 11.8 Å². The Morgan fingerprint density at radius 1 is 1.19 bits per heavy atom. The molecule has 0 fully saturated rings. The van der Waals surface area contributed by atoms with E-state index in [1.165, 1.54) is 10.3 Å². The lowest BCUT2D eigenvalue weighted by Crippen LogP contribution is -2.20. The minimum atomic E-state index is 0.0962. The maximum Gasteiger partial charge on any atom is 0.258 e. The van der Waals surface area contributed by atoms with Crippen LogP contribution in [0.25, 0.3) is 10.8 Å². The summed E-state index contributed by atoms with van der Waals surface area (Å²) in [4.78, 5) is 14.9. The molecule has 2 aromatic carbocycles. The van der Waals surface area contributed by atoms with Gasteiger partial charge in [-0.25, -0.2) is 0 Å². The second-order valence-corrected chi connectivity index (χ2v) is 4.73. The van der Waals surface area contributed by atoms with Gasteiger partial charge in [-0.05, 0) is 29.8 Å². The fourth-order valence-corrected chi connectivity index (χ4v) is 2.88. The Bertz CT molecular complexity index is 606. The summed E-state index contributed by atoms with van der Waals surface area (Å²) >= 11 is 1.72. The standard InChI is InChI=1S/C13H11NOS/c1-14-10-6-7-11(16-2)8-4-3-5-9(12(8)10)13(14)15/h3-7H,1-2H3. The molecule has 1 aliphatic rings. The Balaban J connectivity index is 2.49. The molecule has 0 spiro atoms. The molecule has 1 heterocycles. The topological polar surface area (TPSA) is 20.3 Å². The molecule has 0 aromatic heterocycles. The molecule has 1 aliphatic heterocycles.